The number of thiophene rings is 1. The molecule has 1 aliphatic rings. The SMILES string of the molecule is CCCCC(=O)Nc1sc2c(c1C(N)=O)CCCC2. The highest BCUT2D eigenvalue weighted by Gasteiger charge is 2.24. The number of amides is 2. The van der Waals surface area contributed by atoms with Crippen LogP contribution in [0.4, 0.5) is 5.00 Å². The number of primary amides is 1. The maximum absolute atomic E-state index is 11.8. The Kier molecular flexibility index (Phi) is 4.58. The lowest BCUT2D eigenvalue weighted by Gasteiger charge is -2.11. The maximum Gasteiger partial charge on any atom is 0.251 e. The first-order valence-electron chi connectivity index (χ1n) is 6.87. The molecule has 19 heavy (non-hydrogen) atoms. The van der Waals surface area contributed by atoms with E-state index < -0.39 is 5.91 Å². The quantitative estimate of drug-likeness (QED) is 0.870. The van der Waals surface area contributed by atoms with E-state index in [0.29, 0.717) is 17.0 Å². The zero-order chi connectivity index (χ0) is 13.8. The molecule has 0 atom stereocenters. The van der Waals surface area contributed by atoms with Gasteiger partial charge in [0.2, 0.25) is 5.91 Å². The van der Waals surface area contributed by atoms with Gasteiger partial charge in [-0.2, -0.15) is 0 Å². The normalized spacial score (nSPS) is 13.9. The second-order valence-corrected chi connectivity index (χ2v) is 6.04. The highest BCUT2D eigenvalue weighted by atomic mass is 32.1. The number of fused-ring (bicyclic) bond motifs is 1. The van der Waals surface area contributed by atoms with E-state index in [2.05, 4.69) is 5.32 Å². The van der Waals surface area contributed by atoms with E-state index in [1.54, 1.807) is 0 Å². The van der Waals surface area contributed by atoms with Crippen molar-refractivity contribution in [3.8, 4) is 0 Å². The molecule has 0 radical (unpaired) electrons. The molecule has 2 amide bonds. The van der Waals surface area contributed by atoms with Gasteiger partial charge in [0.15, 0.2) is 0 Å². The van der Waals surface area contributed by atoms with Crippen molar-refractivity contribution in [3.05, 3.63) is 16.0 Å². The Balaban J connectivity index is 2.22. The van der Waals surface area contributed by atoms with Crippen molar-refractivity contribution in [2.24, 2.45) is 5.73 Å². The summed E-state index contributed by atoms with van der Waals surface area (Å²) < 4.78 is 0. The average molecular weight is 280 g/mol. The van der Waals surface area contributed by atoms with E-state index in [1.807, 2.05) is 6.92 Å². The molecule has 0 fully saturated rings. The van der Waals surface area contributed by atoms with Crippen molar-refractivity contribution in [3.63, 3.8) is 0 Å². The van der Waals surface area contributed by atoms with Gasteiger partial charge in [0.1, 0.15) is 5.00 Å². The topological polar surface area (TPSA) is 72.2 Å². The van der Waals surface area contributed by atoms with Gasteiger partial charge >= 0.3 is 0 Å². The van der Waals surface area contributed by atoms with E-state index in [9.17, 15) is 9.59 Å². The number of aryl methyl sites for hydroxylation is 1. The third-order valence-electron chi connectivity index (χ3n) is 3.43. The molecule has 1 aromatic rings. The molecule has 0 bridgehead atoms. The minimum atomic E-state index is -0.426. The fraction of sp³-hybridized carbons (Fsp3) is 0.571. The zero-order valence-electron chi connectivity index (χ0n) is 11.3. The summed E-state index contributed by atoms with van der Waals surface area (Å²) in [5, 5.41) is 3.52. The zero-order valence-corrected chi connectivity index (χ0v) is 12.1. The lowest BCUT2D eigenvalue weighted by atomic mass is 9.95. The van der Waals surface area contributed by atoms with Crippen LogP contribution in [0.25, 0.3) is 0 Å². The van der Waals surface area contributed by atoms with Crippen LogP contribution in [0.15, 0.2) is 0 Å². The van der Waals surface area contributed by atoms with Crippen molar-refractivity contribution < 1.29 is 9.59 Å². The predicted octanol–water partition coefficient (Wildman–Crippen LogP) is 2.85. The van der Waals surface area contributed by atoms with Crippen LogP contribution in [0.5, 0.6) is 0 Å². The number of carbonyl (C=O) groups excluding carboxylic acids is 2. The molecule has 0 saturated carbocycles. The van der Waals surface area contributed by atoms with Crippen LogP contribution in [0.1, 0.15) is 59.8 Å². The molecule has 0 aliphatic heterocycles. The number of anilines is 1. The van der Waals surface area contributed by atoms with Gasteiger partial charge < -0.3 is 11.1 Å². The molecule has 0 unspecified atom stereocenters. The molecule has 0 aromatic carbocycles. The molecule has 1 aromatic heterocycles. The van der Waals surface area contributed by atoms with Gasteiger partial charge in [-0.1, -0.05) is 13.3 Å². The van der Waals surface area contributed by atoms with Crippen LogP contribution in [0.3, 0.4) is 0 Å². The Bertz CT molecular complexity index is 494. The molecule has 2 rings (SSSR count). The molecule has 3 N–H and O–H groups in total. The number of nitrogens with two attached hydrogens (primary N) is 1. The molecule has 104 valence electrons. The van der Waals surface area contributed by atoms with E-state index in [4.69, 9.17) is 5.73 Å². The smallest absolute Gasteiger partial charge is 0.251 e. The average Bonchev–Trinajstić information content (AvgIpc) is 2.74. The molecule has 4 nitrogen and oxygen atoms in total. The first kappa shape index (κ1) is 14.1. The molecule has 5 heteroatoms. The van der Waals surface area contributed by atoms with E-state index in [1.165, 1.54) is 16.2 Å². The second-order valence-electron chi connectivity index (χ2n) is 4.93. The number of unbranched alkanes of at least 4 members (excludes halogenated alkanes) is 1. The summed E-state index contributed by atoms with van der Waals surface area (Å²) in [4.78, 5) is 24.6. The molecule has 0 saturated heterocycles. The third kappa shape index (κ3) is 3.15. The second kappa shape index (κ2) is 6.19. The predicted molar refractivity (Wildman–Crippen MR) is 77.6 cm³/mol. The summed E-state index contributed by atoms with van der Waals surface area (Å²) in [7, 11) is 0. The van der Waals surface area contributed by atoms with Gasteiger partial charge in [-0.25, -0.2) is 0 Å². The van der Waals surface area contributed by atoms with Gasteiger partial charge in [0.05, 0.1) is 5.56 Å². The van der Waals surface area contributed by atoms with Crippen LogP contribution in [-0.4, -0.2) is 11.8 Å². The largest absolute Gasteiger partial charge is 0.365 e. The van der Waals surface area contributed by atoms with Crippen molar-refractivity contribution in [2.75, 3.05) is 5.32 Å². The molecular weight excluding hydrogens is 260 g/mol. The maximum atomic E-state index is 11.8. The first-order valence-corrected chi connectivity index (χ1v) is 7.69. The number of nitrogens with one attached hydrogen (secondary N) is 1. The Morgan fingerprint density at radius 3 is 2.74 bits per heavy atom. The minimum absolute atomic E-state index is 0.0250. The van der Waals surface area contributed by atoms with Gasteiger partial charge in [0, 0.05) is 11.3 Å². The van der Waals surface area contributed by atoms with Crippen molar-refractivity contribution in [1.29, 1.82) is 0 Å². The van der Waals surface area contributed by atoms with Crippen molar-refractivity contribution in [1.82, 2.24) is 0 Å². The molecule has 0 spiro atoms. The van der Waals surface area contributed by atoms with E-state index in [0.717, 1.165) is 44.1 Å². The monoisotopic (exact) mass is 280 g/mol. The third-order valence-corrected chi connectivity index (χ3v) is 4.64. The van der Waals surface area contributed by atoms with E-state index >= 15 is 0 Å². The van der Waals surface area contributed by atoms with Gasteiger partial charge in [0.25, 0.3) is 5.91 Å². The van der Waals surface area contributed by atoms with Crippen LogP contribution >= 0.6 is 11.3 Å². The molecular formula is C14H20N2O2S. The van der Waals surface area contributed by atoms with Crippen molar-refractivity contribution in [2.45, 2.75) is 51.9 Å². The molecule has 1 aliphatic carbocycles. The minimum Gasteiger partial charge on any atom is -0.365 e. The Labute approximate surface area is 117 Å². The van der Waals surface area contributed by atoms with Gasteiger partial charge in [-0.05, 0) is 37.7 Å². The van der Waals surface area contributed by atoms with Crippen LogP contribution in [0, 0.1) is 0 Å². The van der Waals surface area contributed by atoms with E-state index in [-0.39, 0.29) is 5.91 Å². The van der Waals surface area contributed by atoms with Crippen molar-refractivity contribution >= 4 is 28.2 Å². The summed E-state index contributed by atoms with van der Waals surface area (Å²) in [5.41, 5.74) is 7.09. The Morgan fingerprint density at radius 2 is 2.05 bits per heavy atom. The fourth-order valence-electron chi connectivity index (χ4n) is 2.44. The van der Waals surface area contributed by atoms with Crippen LogP contribution in [-0.2, 0) is 17.6 Å². The summed E-state index contributed by atoms with van der Waals surface area (Å²) in [5.74, 6) is -0.451. The summed E-state index contributed by atoms with van der Waals surface area (Å²) in [6, 6.07) is 0. The number of carbonyl (C=O) groups is 2. The highest BCUT2D eigenvalue weighted by molar-refractivity contribution is 7.17. The van der Waals surface area contributed by atoms with Crippen LogP contribution in [0.2, 0.25) is 0 Å². The summed E-state index contributed by atoms with van der Waals surface area (Å²) in [6.07, 6.45) is 6.47. The van der Waals surface area contributed by atoms with Gasteiger partial charge in [-0.15, -0.1) is 11.3 Å². The Hall–Kier alpha value is -1.36. The fourth-order valence-corrected chi connectivity index (χ4v) is 3.75. The number of rotatable bonds is 5. The lowest BCUT2D eigenvalue weighted by Crippen LogP contribution is -2.18. The standard InChI is InChI=1S/C14H20N2O2S/c1-2-3-8-11(17)16-14-12(13(15)18)9-6-4-5-7-10(9)19-14/h2-8H2,1H3,(H2,15,18)(H,16,17). The summed E-state index contributed by atoms with van der Waals surface area (Å²) in [6.45, 7) is 2.05. The Morgan fingerprint density at radius 1 is 1.32 bits per heavy atom. The number of hydrogen-bond acceptors (Lipinski definition) is 3. The number of hydrogen-bond donors (Lipinski definition) is 2. The molecule has 1 heterocycles. The highest BCUT2D eigenvalue weighted by Crippen LogP contribution is 2.37. The lowest BCUT2D eigenvalue weighted by molar-refractivity contribution is -0.116. The summed E-state index contributed by atoms with van der Waals surface area (Å²) >= 11 is 1.52. The van der Waals surface area contributed by atoms with Crippen LogP contribution < -0.4 is 11.1 Å². The van der Waals surface area contributed by atoms with Gasteiger partial charge in [-0.3, -0.25) is 9.59 Å². The first-order chi connectivity index (χ1) is 9.13.